The van der Waals surface area contributed by atoms with Crippen molar-refractivity contribution in [3.63, 3.8) is 0 Å². The van der Waals surface area contributed by atoms with Crippen molar-refractivity contribution >= 4 is 5.91 Å². The Morgan fingerprint density at radius 3 is 2.61 bits per heavy atom. The summed E-state index contributed by atoms with van der Waals surface area (Å²) in [5, 5.41) is 0. The second-order valence-electron chi connectivity index (χ2n) is 4.90. The van der Waals surface area contributed by atoms with Crippen molar-refractivity contribution in [2.75, 3.05) is 7.05 Å². The van der Waals surface area contributed by atoms with E-state index in [4.69, 9.17) is 0 Å². The zero-order chi connectivity index (χ0) is 12.8. The predicted octanol–water partition coefficient (Wildman–Crippen LogP) is 3.54. The fourth-order valence-corrected chi connectivity index (χ4v) is 2.34. The summed E-state index contributed by atoms with van der Waals surface area (Å²) in [7, 11) is 1.91. The van der Waals surface area contributed by atoms with Gasteiger partial charge in [0.15, 0.2) is 0 Å². The van der Waals surface area contributed by atoms with Crippen LogP contribution in [-0.4, -0.2) is 17.9 Å². The lowest BCUT2D eigenvalue weighted by Crippen LogP contribution is -2.27. The minimum Gasteiger partial charge on any atom is -0.320 e. The van der Waals surface area contributed by atoms with Gasteiger partial charge in [-0.3, -0.25) is 4.79 Å². The molecule has 1 heterocycles. The fraction of sp³-hybridized carbons (Fsp3) is 0.438. The number of benzene rings is 1. The Morgan fingerprint density at radius 1 is 1.11 bits per heavy atom. The smallest absolute Gasteiger partial charge is 0.226 e. The van der Waals surface area contributed by atoms with Crippen LogP contribution >= 0.6 is 0 Å². The molecule has 0 spiro atoms. The number of allylic oxidation sites excluding steroid dienone is 2. The first-order chi connectivity index (χ1) is 8.77. The van der Waals surface area contributed by atoms with Crippen molar-refractivity contribution in [1.82, 2.24) is 4.90 Å². The molecule has 2 rings (SSSR count). The molecule has 1 aliphatic rings. The lowest BCUT2D eigenvalue weighted by atomic mass is 10.0. The second kappa shape index (κ2) is 6.39. The van der Waals surface area contributed by atoms with E-state index < -0.39 is 0 Å². The summed E-state index contributed by atoms with van der Waals surface area (Å²) >= 11 is 0. The highest BCUT2D eigenvalue weighted by molar-refractivity contribution is 5.77. The lowest BCUT2D eigenvalue weighted by Gasteiger charge is -2.23. The summed E-state index contributed by atoms with van der Waals surface area (Å²) in [6.45, 7) is 0. The summed E-state index contributed by atoms with van der Waals surface area (Å²) in [5.74, 6) is 0.258. The van der Waals surface area contributed by atoms with Gasteiger partial charge in [-0.2, -0.15) is 0 Å². The molecule has 1 aromatic rings. The molecule has 0 unspecified atom stereocenters. The van der Waals surface area contributed by atoms with Gasteiger partial charge in [0, 0.05) is 19.2 Å². The van der Waals surface area contributed by atoms with Crippen LogP contribution in [0.1, 0.15) is 37.7 Å². The average molecular weight is 243 g/mol. The largest absolute Gasteiger partial charge is 0.320 e. The molecule has 0 saturated carbocycles. The van der Waals surface area contributed by atoms with Crippen LogP contribution in [0.2, 0.25) is 0 Å². The van der Waals surface area contributed by atoms with Crippen molar-refractivity contribution in [2.45, 2.75) is 38.5 Å². The monoisotopic (exact) mass is 243 g/mol. The minimum atomic E-state index is 0.258. The summed E-state index contributed by atoms with van der Waals surface area (Å²) in [6.07, 6.45) is 8.23. The standard InChI is InChI=1S/C16H21NO/c1-17-15(10-6-3-7-11-16(17)18)13-12-14-8-4-2-5-9-14/h2,4-5,8-9,13H,3,6-7,10-12H2,1H3/b15-13+. The van der Waals surface area contributed by atoms with Crippen LogP contribution in [0.25, 0.3) is 0 Å². The predicted molar refractivity (Wildman–Crippen MR) is 74.1 cm³/mol. The van der Waals surface area contributed by atoms with Crippen molar-refractivity contribution in [2.24, 2.45) is 0 Å². The first-order valence-corrected chi connectivity index (χ1v) is 6.77. The highest BCUT2D eigenvalue weighted by Gasteiger charge is 2.15. The van der Waals surface area contributed by atoms with Crippen LogP contribution in [0.15, 0.2) is 42.1 Å². The van der Waals surface area contributed by atoms with Gasteiger partial charge in [-0.25, -0.2) is 0 Å². The molecule has 1 saturated heterocycles. The number of likely N-dealkylation sites (tertiary alicyclic amines) is 1. The molecule has 0 aliphatic carbocycles. The Bertz CT molecular complexity index is 422. The molecule has 1 amide bonds. The van der Waals surface area contributed by atoms with Gasteiger partial charge in [0.25, 0.3) is 0 Å². The molecule has 1 aliphatic heterocycles. The lowest BCUT2D eigenvalue weighted by molar-refractivity contribution is -0.128. The van der Waals surface area contributed by atoms with E-state index in [1.54, 1.807) is 0 Å². The van der Waals surface area contributed by atoms with Gasteiger partial charge in [0.05, 0.1) is 0 Å². The zero-order valence-corrected chi connectivity index (χ0v) is 11.1. The molecule has 1 aromatic carbocycles. The number of carbonyl (C=O) groups is 1. The fourth-order valence-electron chi connectivity index (χ4n) is 2.34. The van der Waals surface area contributed by atoms with E-state index in [0.717, 1.165) is 19.3 Å². The van der Waals surface area contributed by atoms with Gasteiger partial charge in [-0.15, -0.1) is 0 Å². The third kappa shape index (κ3) is 3.46. The number of carbonyl (C=O) groups excluding carboxylic acids is 1. The molecule has 96 valence electrons. The van der Waals surface area contributed by atoms with Crippen molar-refractivity contribution < 1.29 is 4.79 Å². The van der Waals surface area contributed by atoms with Crippen LogP contribution in [-0.2, 0) is 11.2 Å². The molecule has 0 aromatic heterocycles. The van der Waals surface area contributed by atoms with E-state index in [0.29, 0.717) is 6.42 Å². The zero-order valence-electron chi connectivity index (χ0n) is 11.1. The first-order valence-electron chi connectivity index (χ1n) is 6.77. The average Bonchev–Trinajstić information content (AvgIpc) is 2.40. The van der Waals surface area contributed by atoms with Crippen LogP contribution in [0, 0.1) is 0 Å². The maximum absolute atomic E-state index is 11.9. The number of nitrogens with zero attached hydrogens (tertiary/aromatic N) is 1. The van der Waals surface area contributed by atoms with E-state index in [1.165, 1.54) is 24.1 Å². The summed E-state index contributed by atoms with van der Waals surface area (Å²) in [4.78, 5) is 13.7. The topological polar surface area (TPSA) is 20.3 Å². The van der Waals surface area contributed by atoms with Gasteiger partial charge in [0.2, 0.25) is 5.91 Å². The number of hydrogen-bond acceptors (Lipinski definition) is 1. The first kappa shape index (κ1) is 12.9. The normalized spacial score (nSPS) is 19.7. The van der Waals surface area contributed by atoms with E-state index in [-0.39, 0.29) is 5.91 Å². The van der Waals surface area contributed by atoms with E-state index in [2.05, 4.69) is 30.3 Å². The number of amides is 1. The third-order valence-electron chi connectivity index (χ3n) is 3.54. The number of hydrogen-bond donors (Lipinski definition) is 0. The maximum atomic E-state index is 11.9. The number of rotatable bonds is 2. The molecule has 2 nitrogen and oxygen atoms in total. The van der Waals surface area contributed by atoms with E-state index >= 15 is 0 Å². The second-order valence-corrected chi connectivity index (χ2v) is 4.90. The molecule has 0 atom stereocenters. The summed E-state index contributed by atoms with van der Waals surface area (Å²) in [5.41, 5.74) is 2.48. The molecular weight excluding hydrogens is 222 g/mol. The Morgan fingerprint density at radius 2 is 1.83 bits per heavy atom. The molecule has 0 bridgehead atoms. The Labute approximate surface area is 109 Å². The molecular formula is C16H21NO. The molecule has 18 heavy (non-hydrogen) atoms. The highest BCUT2D eigenvalue weighted by Crippen LogP contribution is 2.19. The van der Waals surface area contributed by atoms with Crippen LogP contribution in [0.4, 0.5) is 0 Å². The van der Waals surface area contributed by atoms with Gasteiger partial charge in [0.1, 0.15) is 0 Å². The Kier molecular flexibility index (Phi) is 4.57. The minimum absolute atomic E-state index is 0.258. The molecule has 1 fully saturated rings. The molecule has 2 heteroatoms. The van der Waals surface area contributed by atoms with Crippen molar-refractivity contribution in [3.05, 3.63) is 47.7 Å². The van der Waals surface area contributed by atoms with Crippen molar-refractivity contribution in [1.29, 1.82) is 0 Å². The van der Waals surface area contributed by atoms with Crippen LogP contribution in [0.5, 0.6) is 0 Å². The van der Waals surface area contributed by atoms with Crippen molar-refractivity contribution in [3.8, 4) is 0 Å². The van der Waals surface area contributed by atoms with Crippen LogP contribution in [0.3, 0.4) is 0 Å². The highest BCUT2D eigenvalue weighted by atomic mass is 16.2. The molecule has 0 radical (unpaired) electrons. The van der Waals surface area contributed by atoms with E-state index in [1.807, 2.05) is 18.0 Å². The van der Waals surface area contributed by atoms with Gasteiger partial charge >= 0.3 is 0 Å². The maximum Gasteiger partial charge on any atom is 0.226 e. The molecule has 0 N–H and O–H groups in total. The summed E-state index contributed by atoms with van der Waals surface area (Å²) in [6, 6.07) is 10.4. The SMILES string of the molecule is CN1C(=O)CCCCC/C1=C\Cc1ccccc1. The van der Waals surface area contributed by atoms with Crippen LogP contribution < -0.4 is 0 Å². The quantitative estimate of drug-likeness (QED) is 0.778. The van der Waals surface area contributed by atoms with Gasteiger partial charge < -0.3 is 4.90 Å². The Hall–Kier alpha value is -1.57. The van der Waals surface area contributed by atoms with E-state index in [9.17, 15) is 4.79 Å². The third-order valence-corrected chi connectivity index (χ3v) is 3.54. The summed E-state index contributed by atoms with van der Waals surface area (Å²) < 4.78 is 0. The Balaban J connectivity index is 2.06. The van der Waals surface area contributed by atoms with Gasteiger partial charge in [-0.1, -0.05) is 42.8 Å². The van der Waals surface area contributed by atoms with Gasteiger partial charge in [-0.05, 0) is 31.2 Å².